The molecule has 0 aliphatic carbocycles. The zero-order chi connectivity index (χ0) is 39.3. The van der Waals surface area contributed by atoms with Gasteiger partial charge in [0.25, 0.3) is 0 Å². The van der Waals surface area contributed by atoms with E-state index >= 15 is 0 Å². The summed E-state index contributed by atoms with van der Waals surface area (Å²) in [5, 5.41) is 15.4. The number of fused-ring (bicyclic) bond motifs is 12. The van der Waals surface area contributed by atoms with Crippen molar-refractivity contribution in [2.45, 2.75) is 0 Å². The Labute approximate surface area is 350 Å². The second-order valence-electron chi connectivity index (χ2n) is 16.0. The molecule has 0 radical (unpaired) electrons. The van der Waals surface area contributed by atoms with Crippen LogP contribution in [0.4, 0.5) is 0 Å². The van der Waals surface area contributed by atoms with E-state index in [0.717, 1.165) is 0 Å². The van der Waals surface area contributed by atoms with E-state index in [1.165, 1.54) is 124 Å². The average molecular weight is 778 g/mol. The quantitative estimate of drug-likeness (QED) is 0.124. The molecule has 60 heavy (non-hydrogen) atoms. The monoisotopic (exact) mass is 777 g/mol. The molecule has 0 N–H and O–H groups in total. The molecule has 278 valence electrons. The van der Waals surface area contributed by atoms with Crippen LogP contribution in [0.15, 0.2) is 212 Å². The van der Waals surface area contributed by atoms with Crippen molar-refractivity contribution in [3.05, 3.63) is 212 Å². The number of rotatable bonds is 4. The summed E-state index contributed by atoms with van der Waals surface area (Å²) in [6, 6.07) is 78.7. The Balaban J connectivity index is 1.07. The van der Waals surface area contributed by atoms with Crippen LogP contribution in [0, 0.1) is 0 Å². The Hall–Kier alpha value is -7.52. The van der Waals surface area contributed by atoms with Gasteiger partial charge in [0.1, 0.15) is 0 Å². The van der Waals surface area contributed by atoms with Crippen molar-refractivity contribution >= 4 is 96.4 Å². The number of thiophene rings is 1. The van der Waals surface area contributed by atoms with Gasteiger partial charge in [-0.05, 0) is 125 Å². The van der Waals surface area contributed by atoms with Crippen LogP contribution in [0.3, 0.4) is 0 Å². The Bertz CT molecular complexity index is 3830. The lowest BCUT2D eigenvalue weighted by molar-refractivity contribution is 1.18. The largest absolute Gasteiger partial charge is 0.309 e. The standard InChI is InChI=1S/C58H35NS/c1-2-18-40(19-3-1)59-52-31-29-39(35-51(52)57-53(59)32-30-49-44-23-12-13-28-54(44)60-58(49)57)56-47-26-10-8-24-45(47)55(46-25-9-11-27-48(46)56)38-17-14-16-36(33-38)50-34-37-15-4-5-20-41(37)42-21-6-7-22-43(42)50/h1-35H. The van der Waals surface area contributed by atoms with Crippen molar-refractivity contribution in [3.63, 3.8) is 0 Å². The fraction of sp³-hybridized carbons (Fsp3) is 0. The van der Waals surface area contributed by atoms with Gasteiger partial charge in [-0.1, -0.05) is 164 Å². The highest BCUT2D eigenvalue weighted by atomic mass is 32.1. The van der Waals surface area contributed by atoms with Gasteiger partial charge in [-0.25, -0.2) is 0 Å². The molecule has 0 aliphatic rings. The molecule has 11 aromatic carbocycles. The van der Waals surface area contributed by atoms with E-state index in [-0.39, 0.29) is 0 Å². The lowest BCUT2D eigenvalue weighted by Gasteiger charge is -2.19. The average Bonchev–Trinajstić information content (AvgIpc) is 3.86. The first-order valence-electron chi connectivity index (χ1n) is 20.7. The summed E-state index contributed by atoms with van der Waals surface area (Å²) >= 11 is 1.91. The molecule has 2 aromatic heterocycles. The predicted molar refractivity (Wildman–Crippen MR) is 260 cm³/mol. The SMILES string of the molecule is c1ccc(-n2c3ccc(-c4c5ccccc5c(-c5cccc(-c6cc7ccccc7c7ccccc67)c5)c5ccccc45)cc3c3c4sc5ccccc5c4ccc32)cc1. The number of benzene rings is 11. The molecule has 2 heteroatoms. The van der Waals surface area contributed by atoms with Crippen LogP contribution in [-0.2, 0) is 0 Å². The maximum absolute atomic E-state index is 2.47. The van der Waals surface area contributed by atoms with E-state index in [0.29, 0.717) is 0 Å². The van der Waals surface area contributed by atoms with Crippen LogP contribution >= 0.6 is 11.3 Å². The number of nitrogens with zero attached hydrogens (tertiary/aromatic N) is 1. The summed E-state index contributed by atoms with van der Waals surface area (Å²) in [7, 11) is 0. The lowest BCUT2D eigenvalue weighted by Crippen LogP contribution is -1.93. The summed E-state index contributed by atoms with van der Waals surface area (Å²) in [5.74, 6) is 0. The molecule has 0 fully saturated rings. The van der Waals surface area contributed by atoms with Crippen molar-refractivity contribution in [1.82, 2.24) is 4.57 Å². The Kier molecular flexibility index (Phi) is 7.24. The van der Waals surface area contributed by atoms with E-state index in [9.17, 15) is 0 Å². The van der Waals surface area contributed by atoms with Crippen molar-refractivity contribution in [1.29, 1.82) is 0 Å². The molecule has 1 nitrogen and oxygen atoms in total. The van der Waals surface area contributed by atoms with Gasteiger partial charge in [-0.15, -0.1) is 11.3 Å². The van der Waals surface area contributed by atoms with Crippen molar-refractivity contribution in [3.8, 4) is 39.1 Å². The molecule has 0 atom stereocenters. The van der Waals surface area contributed by atoms with Crippen molar-refractivity contribution in [2.75, 3.05) is 0 Å². The molecule has 0 saturated heterocycles. The Morgan fingerprint density at radius 2 is 0.883 bits per heavy atom. The van der Waals surface area contributed by atoms with Gasteiger partial charge >= 0.3 is 0 Å². The molecule has 0 saturated carbocycles. The highest BCUT2D eigenvalue weighted by Gasteiger charge is 2.21. The van der Waals surface area contributed by atoms with Crippen molar-refractivity contribution < 1.29 is 0 Å². The minimum Gasteiger partial charge on any atom is -0.309 e. The van der Waals surface area contributed by atoms with Gasteiger partial charge in [0, 0.05) is 36.6 Å². The van der Waals surface area contributed by atoms with Gasteiger partial charge in [0.15, 0.2) is 0 Å². The minimum absolute atomic E-state index is 1.17. The second-order valence-corrected chi connectivity index (χ2v) is 17.0. The Morgan fingerprint density at radius 3 is 1.62 bits per heavy atom. The van der Waals surface area contributed by atoms with E-state index in [2.05, 4.69) is 217 Å². The second kappa shape index (κ2) is 13.0. The van der Waals surface area contributed by atoms with Crippen LogP contribution in [0.2, 0.25) is 0 Å². The first-order chi connectivity index (χ1) is 29.8. The summed E-state index contributed by atoms with van der Waals surface area (Å²) in [5.41, 5.74) is 11.1. The van der Waals surface area contributed by atoms with Gasteiger partial charge in [-0.3, -0.25) is 0 Å². The number of hydrogen-bond acceptors (Lipinski definition) is 1. The first-order valence-corrected chi connectivity index (χ1v) is 21.5. The van der Waals surface area contributed by atoms with E-state index in [1.807, 2.05) is 11.3 Å². The molecule has 13 rings (SSSR count). The molecule has 0 amide bonds. The molecule has 0 aliphatic heterocycles. The third kappa shape index (κ3) is 4.86. The molecule has 0 bridgehead atoms. The zero-order valence-electron chi connectivity index (χ0n) is 32.6. The van der Waals surface area contributed by atoms with Crippen LogP contribution in [0.5, 0.6) is 0 Å². The highest BCUT2D eigenvalue weighted by molar-refractivity contribution is 7.26. The lowest BCUT2D eigenvalue weighted by atomic mass is 9.85. The normalized spacial score (nSPS) is 12.0. The molecule has 0 spiro atoms. The molecule has 2 heterocycles. The Morgan fingerprint density at radius 1 is 0.317 bits per heavy atom. The maximum atomic E-state index is 2.47. The number of aromatic nitrogens is 1. The summed E-state index contributed by atoms with van der Waals surface area (Å²) in [6.45, 7) is 0. The van der Waals surface area contributed by atoms with Crippen LogP contribution in [-0.4, -0.2) is 4.57 Å². The van der Waals surface area contributed by atoms with Crippen LogP contribution in [0.1, 0.15) is 0 Å². The zero-order valence-corrected chi connectivity index (χ0v) is 33.4. The number of para-hydroxylation sites is 1. The molecule has 13 aromatic rings. The first kappa shape index (κ1) is 33.5. The third-order valence-electron chi connectivity index (χ3n) is 12.7. The van der Waals surface area contributed by atoms with Gasteiger partial charge in [-0.2, -0.15) is 0 Å². The van der Waals surface area contributed by atoms with Gasteiger partial charge in [0.2, 0.25) is 0 Å². The van der Waals surface area contributed by atoms with E-state index in [4.69, 9.17) is 0 Å². The number of hydrogen-bond donors (Lipinski definition) is 0. The fourth-order valence-corrected chi connectivity index (χ4v) is 11.4. The minimum atomic E-state index is 1.17. The van der Waals surface area contributed by atoms with Crippen molar-refractivity contribution in [2.24, 2.45) is 0 Å². The third-order valence-corrected chi connectivity index (χ3v) is 13.9. The van der Waals surface area contributed by atoms with E-state index < -0.39 is 0 Å². The molecular formula is C58H35NS. The molecular weight excluding hydrogens is 743 g/mol. The van der Waals surface area contributed by atoms with Crippen LogP contribution in [0.25, 0.3) is 124 Å². The fourth-order valence-electron chi connectivity index (χ4n) is 10.2. The summed E-state index contributed by atoms with van der Waals surface area (Å²) in [4.78, 5) is 0. The summed E-state index contributed by atoms with van der Waals surface area (Å²) in [6.07, 6.45) is 0. The topological polar surface area (TPSA) is 4.93 Å². The highest BCUT2D eigenvalue weighted by Crippen LogP contribution is 2.48. The predicted octanol–water partition coefficient (Wildman–Crippen LogP) is 16.8. The summed E-state index contributed by atoms with van der Waals surface area (Å²) < 4.78 is 5.11. The van der Waals surface area contributed by atoms with E-state index in [1.54, 1.807) is 0 Å². The smallest absolute Gasteiger partial charge is 0.0555 e. The van der Waals surface area contributed by atoms with Gasteiger partial charge in [0.05, 0.1) is 11.0 Å². The molecule has 0 unspecified atom stereocenters. The van der Waals surface area contributed by atoms with Gasteiger partial charge < -0.3 is 4.57 Å². The maximum Gasteiger partial charge on any atom is 0.0555 e. The van der Waals surface area contributed by atoms with Crippen LogP contribution < -0.4 is 0 Å².